The van der Waals surface area contributed by atoms with Gasteiger partial charge in [0.05, 0.1) is 12.3 Å². The average molecular weight is 332 g/mol. The Balaban J connectivity index is 2.54. The number of nitrogen functional groups attached to an aromatic ring is 1. The Labute approximate surface area is 120 Å². The molecule has 1 rings (SSSR count). The number of carbonyl (C=O) groups is 1. The lowest BCUT2D eigenvalue weighted by Crippen LogP contribution is -2.38. The maximum atomic E-state index is 11.5. The third-order valence-electron chi connectivity index (χ3n) is 2.53. The fourth-order valence-electron chi connectivity index (χ4n) is 1.42. The van der Waals surface area contributed by atoms with Gasteiger partial charge in [-0.2, -0.15) is 0 Å². The summed E-state index contributed by atoms with van der Waals surface area (Å²) in [5.41, 5.74) is 4.83. The smallest absolute Gasteiger partial charge is 0.337 e. The van der Waals surface area contributed by atoms with Crippen LogP contribution in [0.15, 0.2) is 16.7 Å². The predicted molar refractivity (Wildman–Crippen MR) is 76.7 cm³/mol. The Hall–Kier alpha value is -1.34. The van der Waals surface area contributed by atoms with Gasteiger partial charge in [-0.3, -0.25) is 0 Å². The number of hydrogen-bond acceptors (Lipinski definition) is 6. The molecule has 0 aliphatic carbocycles. The SMILES string of the molecule is CCOC(=O)C(C)(O)CCNc1cc(Br)cnc1N. The molecule has 0 aromatic carbocycles. The molecular weight excluding hydrogens is 314 g/mol. The second kappa shape index (κ2) is 6.72. The van der Waals surface area contributed by atoms with Crippen LogP contribution in [0.3, 0.4) is 0 Å². The molecule has 0 aliphatic rings. The lowest BCUT2D eigenvalue weighted by atomic mass is 10.0. The van der Waals surface area contributed by atoms with Crippen LogP contribution in [0.5, 0.6) is 0 Å². The van der Waals surface area contributed by atoms with E-state index in [0.29, 0.717) is 18.1 Å². The molecule has 1 unspecified atom stereocenters. The molecule has 0 bridgehead atoms. The minimum absolute atomic E-state index is 0.206. The molecule has 7 heteroatoms. The van der Waals surface area contributed by atoms with Crippen LogP contribution in [0.2, 0.25) is 0 Å². The summed E-state index contributed by atoms with van der Waals surface area (Å²) in [6.45, 7) is 3.73. The van der Waals surface area contributed by atoms with Gasteiger partial charge in [0.2, 0.25) is 0 Å². The summed E-state index contributed by atoms with van der Waals surface area (Å²) in [5.74, 6) is -0.267. The Morgan fingerprint density at radius 1 is 1.68 bits per heavy atom. The van der Waals surface area contributed by atoms with E-state index in [2.05, 4.69) is 26.2 Å². The minimum atomic E-state index is -1.52. The molecular formula is C12H18BrN3O3. The van der Waals surface area contributed by atoms with Crippen LogP contribution in [0.25, 0.3) is 0 Å². The summed E-state index contributed by atoms with van der Waals surface area (Å²) in [6, 6.07) is 1.78. The molecule has 0 saturated carbocycles. The number of halogens is 1. The average Bonchev–Trinajstić information content (AvgIpc) is 2.33. The van der Waals surface area contributed by atoms with Gasteiger partial charge in [-0.1, -0.05) is 0 Å². The molecule has 19 heavy (non-hydrogen) atoms. The lowest BCUT2D eigenvalue weighted by Gasteiger charge is -2.21. The van der Waals surface area contributed by atoms with E-state index in [0.717, 1.165) is 4.47 Å². The number of nitrogens with two attached hydrogens (primary N) is 1. The van der Waals surface area contributed by atoms with E-state index in [4.69, 9.17) is 10.5 Å². The van der Waals surface area contributed by atoms with Crippen LogP contribution in [-0.4, -0.2) is 34.8 Å². The maximum absolute atomic E-state index is 11.5. The Morgan fingerprint density at radius 3 is 3.00 bits per heavy atom. The third kappa shape index (κ3) is 4.68. The highest BCUT2D eigenvalue weighted by atomic mass is 79.9. The zero-order valence-corrected chi connectivity index (χ0v) is 12.5. The minimum Gasteiger partial charge on any atom is -0.464 e. The van der Waals surface area contributed by atoms with E-state index in [1.165, 1.54) is 6.92 Å². The Kier molecular flexibility index (Phi) is 5.56. The summed E-state index contributed by atoms with van der Waals surface area (Å²) < 4.78 is 5.58. The number of nitrogens with zero attached hydrogens (tertiary/aromatic N) is 1. The molecule has 4 N–H and O–H groups in total. The molecule has 0 fully saturated rings. The Bertz CT molecular complexity index is 452. The second-order valence-electron chi connectivity index (χ2n) is 4.26. The van der Waals surface area contributed by atoms with Crippen molar-refractivity contribution in [3.8, 4) is 0 Å². The molecule has 1 aromatic rings. The van der Waals surface area contributed by atoms with Gasteiger partial charge < -0.3 is 20.9 Å². The number of nitrogens with one attached hydrogen (secondary N) is 1. The van der Waals surface area contributed by atoms with Crippen molar-refractivity contribution >= 4 is 33.4 Å². The fourth-order valence-corrected chi connectivity index (χ4v) is 1.75. The standard InChI is InChI=1S/C12H18BrN3O3/c1-3-19-11(17)12(2,18)4-5-15-9-6-8(13)7-16-10(9)14/h6-7,15,18H,3-5H2,1-2H3,(H2,14,16). The zero-order chi connectivity index (χ0) is 14.5. The van der Waals surface area contributed by atoms with E-state index in [1.54, 1.807) is 19.2 Å². The third-order valence-corrected chi connectivity index (χ3v) is 2.96. The molecule has 6 nitrogen and oxygen atoms in total. The summed E-state index contributed by atoms with van der Waals surface area (Å²) >= 11 is 3.29. The first-order chi connectivity index (χ1) is 8.86. The molecule has 0 radical (unpaired) electrons. The number of aliphatic hydroxyl groups is 1. The van der Waals surface area contributed by atoms with E-state index < -0.39 is 11.6 Å². The summed E-state index contributed by atoms with van der Waals surface area (Å²) in [6.07, 6.45) is 1.80. The summed E-state index contributed by atoms with van der Waals surface area (Å²) in [7, 11) is 0. The number of hydrogen-bond donors (Lipinski definition) is 3. The molecule has 0 spiro atoms. The topological polar surface area (TPSA) is 97.5 Å². The molecule has 0 saturated heterocycles. The van der Waals surface area contributed by atoms with Crippen molar-refractivity contribution in [2.75, 3.05) is 24.2 Å². The van der Waals surface area contributed by atoms with Crippen molar-refractivity contribution in [3.63, 3.8) is 0 Å². The van der Waals surface area contributed by atoms with Gasteiger partial charge in [0.25, 0.3) is 0 Å². The highest BCUT2D eigenvalue weighted by molar-refractivity contribution is 9.10. The summed E-state index contributed by atoms with van der Waals surface area (Å²) in [4.78, 5) is 15.5. The number of anilines is 2. The predicted octanol–water partition coefficient (Wildman–Crippen LogP) is 1.54. The normalized spacial score (nSPS) is 13.7. The van der Waals surface area contributed by atoms with Gasteiger partial charge in [0.1, 0.15) is 5.82 Å². The molecule has 1 heterocycles. The van der Waals surface area contributed by atoms with E-state index in [-0.39, 0.29) is 13.0 Å². The first kappa shape index (κ1) is 15.7. The van der Waals surface area contributed by atoms with Crippen molar-refractivity contribution in [3.05, 3.63) is 16.7 Å². The first-order valence-electron chi connectivity index (χ1n) is 5.91. The largest absolute Gasteiger partial charge is 0.464 e. The molecule has 1 aromatic heterocycles. The van der Waals surface area contributed by atoms with E-state index in [1.807, 2.05) is 0 Å². The van der Waals surface area contributed by atoms with Gasteiger partial charge in [-0.15, -0.1) is 0 Å². The quantitative estimate of drug-likeness (QED) is 0.684. The van der Waals surface area contributed by atoms with Gasteiger partial charge in [-0.05, 0) is 35.8 Å². The summed E-state index contributed by atoms with van der Waals surface area (Å²) in [5, 5.41) is 13.0. The maximum Gasteiger partial charge on any atom is 0.337 e. The van der Waals surface area contributed by atoms with Gasteiger partial charge >= 0.3 is 5.97 Å². The molecule has 1 atom stereocenters. The van der Waals surface area contributed by atoms with Crippen LogP contribution in [0.4, 0.5) is 11.5 Å². The number of esters is 1. The number of pyridine rings is 1. The molecule has 0 aliphatic heterocycles. The number of rotatable bonds is 6. The van der Waals surface area contributed by atoms with Crippen molar-refractivity contribution in [2.45, 2.75) is 25.9 Å². The fraction of sp³-hybridized carbons (Fsp3) is 0.500. The lowest BCUT2D eigenvalue weighted by molar-refractivity contribution is -0.163. The molecule has 106 valence electrons. The van der Waals surface area contributed by atoms with Crippen LogP contribution in [0.1, 0.15) is 20.3 Å². The zero-order valence-electron chi connectivity index (χ0n) is 10.9. The monoisotopic (exact) mass is 331 g/mol. The molecule has 0 amide bonds. The van der Waals surface area contributed by atoms with Gasteiger partial charge in [0.15, 0.2) is 5.60 Å². The van der Waals surface area contributed by atoms with Crippen LogP contribution >= 0.6 is 15.9 Å². The van der Waals surface area contributed by atoms with Crippen molar-refractivity contribution in [2.24, 2.45) is 0 Å². The van der Waals surface area contributed by atoms with Crippen LogP contribution < -0.4 is 11.1 Å². The van der Waals surface area contributed by atoms with E-state index in [9.17, 15) is 9.90 Å². The second-order valence-corrected chi connectivity index (χ2v) is 5.17. The number of aromatic nitrogens is 1. The van der Waals surface area contributed by atoms with Crippen molar-refractivity contribution in [1.29, 1.82) is 0 Å². The van der Waals surface area contributed by atoms with Crippen molar-refractivity contribution < 1.29 is 14.6 Å². The van der Waals surface area contributed by atoms with Gasteiger partial charge in [-0.25, -0.2) is 9.78 Å². The van der Waals surface area contributed by atoms with Crippen molar-refractivity contribution in [1.82, 2.24) is 4.98 Å². The highest BCUT2D eigenvalue weighted by Gasteiger charge is 2.31. The van der Waals surface area contributed by atoms with E-state index >= 15 is 0 Å². The highest BCUT2D eigenvalue weighted by Crippen LogP contribution is 2.21. The number of carbonyl (C=O) groups excluding carboxylic acids is 1. The van der Waals surface area contributed by atoms with Gasteiger partial charge in [0, 0.05) is 23.6 Å². The van der Waals surface area contributed by atoms with Crippen LogP contribution in [-0.2, 0) is 9.53 Å². The Morgan fingerprint density at radius 2 is 2.37 bits per heavy atom. The van der Waals surface area contributed by atoms with Crippen LogP contribution in [0, 0.1) is 0 Å². The number of ether oxygens (including phenoxy) is 1. The first-order valence-corrected chi connectivity index (χ1v) is 6.70.